The smallest absolute Gasteiger partial charge is 0.311 e. The van der Waals surface area contributed by atoms with E-state index in [1.807, 2.05) is 97.4 Å². The molecule has 1 heterocycles. The maximum atomic E-state index is 12.1. The number of amides is 1. The minimum absolute atomic E-state index is 0.274. The monoisotopic (exact) mass is 453 g/mol. The summed E-state index contributed by atoms with van der Waals surface area (Å²) in [6.07, 6.45) is 1.04. The van der Waals surface area contributed by atoms with E-state index in [-0.39, 0.29) is 6.42 Å². The Kier molecular flexibility index (Phi) is 6.59. The third-order valence-electron chi connectivity index (χ3n) is 5.92. The van der Waals surface area contributed by atoms with Crippen molar-refractivity contribution in [3.05, 3.63) is 101 Å². The Hall–Kier alpha value is -4.19. The van der Waals surface area contributed by atoms with E-state index < -0.39 is 11.9 Å². The standard InChI is InChI=1S/C28H27N3O3/c1-19-7-11-25(12-8-19)31-27(21-9-13-24(14-10-21)30(3)18-32)17-23(29-31)16-26(28(33)34)22-6-4-5-20(2)15-22/h4-15,17-18,26H,16H2,1-3H3,(H,33,34). The van der Waals surface area contributed by atoms with E-state index in [0.717, 1.165) is 45.7 Å². The van der Waals surface area contributed by atoms with Crippen LogP contribution in [0, 0.1) is 13.8 Å². The van der Waals surface area contributed by atoms with Gasteiger partial charge in [-0.05, 0) is 49.7 Å². The van der Waals surface area contributed by atoms with Gasteiger partial charge in [-0.25, -0.2) is 4.68 Å². The number of hydrogen-bond acceptors (Lipinski definition) is 3. The minimum atomic E-state index is -0.877. The average molecular weight is 454 g/mol. The lowest BCUT2D eigenvalue weighted by atomic mass is 9.93. The summed E-state index contributed by atoms with van der Waals surface area (Å²) in [5, 5.41) is 14.8. The van der Waals surface area contributed by atoms with Gasteiger partial charge in [0.15, 0.2) is 0 Å². The van der Waals surface area contributed by atoms with Gasteiger partial charge in [0.2, 0.25) is 6.41 Å². The van der Waals surface area contributed by atoms with E-state index in [9.17, 15) is 14.7 Å². The van der Waals surface area contributed by atoms with Crippen LogP contribution in [0.3, 0.4) is 0 Å². The van der Waals surface area contributed by atoms with Crippen LogP contribution < -0.4 is 4.90 Å². The van der Waals surface area contributed by atoms with Crippen molar-refractivity contribution >= 4 is 18.1 Å². The molecule has 0 aliphatic heterocycles. The Morgan fingerprint density at radius 3 is 2.32 bits per heavy atom. The van der Waals surface area contributed by atoms with Gasteiger partial charge in [-0.1, -0.05) is 59.7 Å². The van der Waals surface area contributed by atoms with E-state index in [0.29, 0.717) is 5.69 Å². The molecule has 0 saturated heterocycles. The largest absolute Gasteiger partial charge is 0.481 e. The van der Waals surface area contributed by atoms with Crippen LogP contribution in [0.25, 0.3) is 16.9 Å². The molecule has 1 atom stereocenters. The molecular formula is C28H27N3O3. The molecule has 3 aromatic carbocycles. The number of anilines is 1. The highest BCUT2D eigenvalue weighted by Gasteiger charge is 2.23. The van der Waals surface area contributed by atoms with Crippen molar-refractivity contribution in [2.45, 2.75) is 26.2 Å². The number of aromatic nitrogens is 2. The zero-order valence-electron chi connectivity index (χ0n) is 19.5. The molecule has 0 radical (unpaired) electrons. The molecule has 0 fully saturated rings. The first-order valence-electron chi connectivity index (χ1n) is 11.1. The highest BCUT2D eigenvalue weighted by atomic mass is 16.4. The third-order valence-corrected chi connectivity index (χ3v) is 5.92. The minimum Gasteiger partial charge on any atom is -0.481 e. The maximum absolute atomic E-state index is 12.1. The molecule has 0 bridgehead atoms. The third kappa shape index (κ3) is 4.91. The lowest BCUT2D eigenvalue weighted by molar-refractivity contribution is -0.138. The van der Waals surface area contributed by atoms with Gasteiger partial charge in [-0.3, -0.25) is 9.59 Å². The van der Waals surface area contributed by atoms with E-state index in [1.165, 1.54) is 4.90 Å². The zero-order valence-corrected chi connectivity index (χ0v) is 19.5. The number of aliphatic carboxylic acids is 1. The van der Waals surface area contributed by atoms with Gasteiger partial charge in [-0.15, -0.1) is 0 Å². The first kappa shape index (κ1) is 23.0. The second kappa shape index (κ2) is 9.75. The molecular weight excluding hydrogens is 426 g/mol. The van der Waals surface area contributed by atoms with Gasteiger partial charge in [0, 0.05) is 24.7 Å². The van der Waals surface area contributed by atoms with Gasteiger partial charge in [0.1, 0.15) is 0 Å². The fraction of sp³-hybridized carbons (Fsp3) is 0.179. The molecule has 1 N–H and O–H groups in total. The number of rotatable bonds is 8. The number of hydrogen-bond donors (Lipinski definition) is 1. The molecule has 6 heteroatoms. The Bertz CT molecular complexity index is 1310. The highest BCUT2D eigenvalue weighted by Crippen LogP contribution is 2.29. The maximum Gasteiger partial charge on any atom is 0.311 e. The normalized spacial score (nSPS) is 11.7. The van der Waals surface area contributed by atoms with Crippen molar-refractivity contribution in [1.82, 2.24) is 9.78 Å². The van der Waals surface area contributed by atoms with Gasteiger partial charge >= 0.3 is 5.97 Å². The van der Waals surface area contributed by atoms with Crippen LogP contribution in [-0.2, 0) is 16.0 Å². The Labute approximate surface area is 199 Å². The average Bonchev–Trinajstić information content (AvgIpc) is 3.26. The van der Waals surface area contributed by atoms with Crippen molar-refractivity contribution in [3.63, 3.8) is 0 Å². The van der Waals surface area contributed by atoms with Crippen molar-refractivity contribution in [2.75, 3.05) is 11.9 Å². The SMILES string of the molecule is Cc1ccc(-n2nc(CC(C(=O)O)c3cccc(C)c3)cc2-c2ccc(N(C)C=O)cc2)cc1. The molecule has 0 spiro atoms. The zero-order chi connectivity index (χ0) is 24.2. The topological polar surface area (TPSA) is 75.4 Å². The van der Waals surface area contributed by atoms with Crippen molar-refractivity contribution in [1.29, 1.82) is 0 Å². The van der Waals surface area contributed by atoms with Crippen molar-refractivity contribution < 1.29 is 14.7 Å². The molecule has 172 valence electrons. The van der Waals surface area contributed by atoms with Crippen molar-refractivity contribution in [3.8, 4) is 16.9 Å². The summed E-state index contributed by atoms with van der Waals surface area (Å²) in [5.41, 5.74) is 7.07. The first-order valence-corrected chi connectivity index (χ1v) is 11.1. The van der Waals surface area contributed by atoms with Crippen LogP contribution in [0.2, 0.25) is 0 Å². The molecule has 1 aromatic heterocycles. The molecule has 1 unspecified atom stereocenters. The second-order valence-electron chi connectivity index (χ2n) is 8.54. The highest BCUT2D eigenvalue weighted by molar-refractivity contribution is 5.77. The quantitative estimate of drug-likeness (QED) is 0.374. The molecule has 0 aliphatic rings. The number of carboxylic acid groups (broad SMARTS) is 1. The molecule has 6 nitrogen and oxygen atoms in total. The summed E-state index contributed by atoms with van der Waals surface area (Å²) in [6, 6.07) is 25.2. The van der Waals surface area contributed by atoms with Crippen LogP contribution in [0.1, 0.15) is 28.3 Å². The van der Waals surface area contributed by atoms with E-state index >= 15 is 0 Å². The van der Waals surface area contributed by atoms with Crippen LogP contribution in [0.4, 0.5) is 5.69 Å². The van der Waals surface area contributed by atoms with Gasteiger partial charge in [0.25, 0.3) is 0 Å². The Morgan fingerprint density at radius 2 is 1.71 bits per heavy atom. The summed E-state index contributed by atoms with van der Waals surface area (Å²) < 4.78 is 1.85. The molecule has 1 amide bonds. The fourth-order valence-corrected chi connectivity index (χ4v) is 3.99. The van der Waals surface area contributed by atoms with Crippen molar-refractivity contribution in [2.24, 2.45) is 0 Å². The number of nitrogens with zero attached hydrogens (tertiary/aromatic N) is 3. The van der Waals surface area contributed by atoms with Gasteiger partial charge in [-0.2, -0.15) is 5.10 Å². The molecule has 4 aromatic rings. The summed E-state index contributed by atoms with van der Waals surface area (Å²) in [5.74, 6) is -1.57. The van der Waals surface area contributed by atoms with Gasteiger partial charge < -0.3 is 10.0 Å². The van der Waals surface area contributed by atoms with E-state index in [2.05, 4.69) is 0 Å². The lowest BCUT2D eigenvalue weighted by Gasteiger charge is -2.12. The molecule has 34 heavy (non-hydrogen) atoms. The summed E-state index contributed by atoms with van der Waals surface area (Å²) >= 11 is 0. The van der Waals surface area contributed by atoms with Crippen LogP contribution in [0.15, 0.2) is 78.9 Å². The summed E-state index contributed by atoms with van der Waals surface area (Å²) in [7, 11) is 1.70. The molecule has 0 aliphatic carbocycles. The Balaban J connectivity index is 1.76. The number of carboxylic acids is 1. The van der Waals surface area contributed by atoms with Crippen LogP contribution in [-0.4, -0.2) is 34.3 Å². The number of carbonyl (C=O) groups is 2. The molecule has 0 saturated carbocycles. The molecule has 4 rings (SSSR count). The first-order chi connectivity index (χ1) is 16.4. The van der Waals surface area contributed by atoms with E-state index in [1.54, 1.807) is 7.05 Å². The summed E-state index contributed by atoms with van der Waals surface area (Å²) in [6.45, 7) is 3.99. The second-order valence-corrected chi connectivity index (χ2v) is 8.54. The Morgan fingerprint density at radius 1 is 1.00 bits per heavy atom. The van der Waals surface area contributed by atoms with Crippen LogP contribution in [0.5, 0.6) is 0 Å². The number of carbonyl (C=O) groups excluding carboxylic acids is 1. The predicted octanol–water partition coefficient (Wildman–Crippen LogP) is 5.16. The van der Waals surface area contributed by atoms with Crippen LogP contribution >= 0.6 is 0 Å². The lowest BCUT2D eigenvalue weighted by Crippen LogP contribution is -2.15. The summed E-state index contributed by atoms with van der Waals surface area (Å²) in [4.78, 5) is 24.7. The predicted molar refractivity (Wildman–Crippen MR) is 133 cm³/mol. The number of benzene rings is 3. The fourth-order valence-electron chi connectivity index (χ4n) is 3.99. The van der Waals surface area contributed by atoms with E-state index in [4.69, 9.17) is 5.10 Å². The van der Waals surface area contributed by atoms with Gasteiger partial charge in [0.05, 0.1) is 23.0 Å². The number of aryl methyl sites for hydroxylation is 2.